The zero-order valence-corrected chi connectivity index (χ0v) is 11.7. The maximum atomic E-state index is 6.14. The van der Waals surface area contributed by atoms with E-state index in [0.717, 1.165) is 17.2 Å². The van der Waals surface area contributed by atoms with Gasteiger partial charge < -0.3 is 11.1 Å². The predicted octanol–water partition coefficient (Wildman–Crippen LogP) is 3.57. The lowest BCUT2D eigenvalue weighted by molar-refractivity contribution is 0.494. The smallest absolute Gasteiger partial charge is 0.105 e. The summed E-state index contributed by atoms with van der Waals surface area (Å²) in [4.78, 5) is 0.336. The zero-order chi connectivity index (χ0) is 12.6. The van der Waals surface area contributed by atoms with E-state index >= 15 is 0 Å². The van der Waals surface area contributed by atoms with Gasteiger partial charge in [-0.15, -0.1) is 0 Å². The van der Waals surface area contributed by atoms with Crippen molar-refractivity contribution in [3.63, 3.8) is 0 Å². The molecule has 0 atom stereocenters. The lowest BCUT2D eigenvalue weighted by Gasteiger charge is -2.27. The molecule has 0 heterocycles. The first-order valence-corrected chi connectivity index (χ1v) is 6.56. The van der Waals surface area contributed by atoms with Crippen molar-refractivity contribution in [1.29, 1.82) is 0 Å². The first kappa shape index (κ1) is 12.7. The molecule has 1 aromatic carbocycles. The van der Waals surface area contributed by atoms with Gasteiger partial charge in [-0.25, -0.2) is 0 Å². The molecular formula is C13H17ClN2S. The van der Waals surface area contributed by atoms with Gasteiger partial charge in [0.25, 0.3) is 0 Å². The van der Waals surface area contributed by atoms with Crippen LogP contribution in [0.5, 0.6) is 0 Å². The molecule has 1 aromatic rings. The average Bonchev–Trinajstić information content (AvgIpc) is 2.98. The SMILES string of the molecule is CC(C)(Nc1ccc(C(N)=S)c(Cl)c1)C1CC1. The molecular weight excluding hydrogens is 252 g/mol. The summed E-state index contributed by atoms with van der Waals surface area (Å²) in [5.41, 5.74) is 7.45. The third kappa shape index (κ3) is 2.90. The molecule has 3 N–H and O–H groups in total. The Labute approximate surface area is 113 Å². The van der Waals surface area contributed by atoms with Gasteiger partial charge >= 0.3 is 0 Å². The molecule has 1 fully saturated rings. The van der Waals surface area contributed by atoms with Crippen LogP contribution in [0.25, 0.3) is 0 Å². The molecule has 0 unspecified atom stereocenters. The molecule has 17 heavy (non-hydrogen) atoms. The summed E-state index contributed by atoms with van der Waals surface area (Å²) in [5, 5.41) is 4.12. The van der Waals surface area contributed by atoms with E-state index in [1.54, 1.807) is 0 Å². The maximum Gasteiger partial charge on any atom is 0.105 e. The van der Waals surface area contributed by atoms with Crippen LogP contribution in [0.15, 0.2) is 18.2 Å². The minimum absolute atomic E-state index is 0.119. The maximum absolute atomic E-state index is 6.14. The number of thiocarbonyl (C=S) groups is 1. The molecule has 1 saturated carbocycles. The summed E-state index contributed by atoms with van der Waals surface area (Å²) in [6.07, 6.45) is 2.61. The predicted molar refractivity (Wildman–Crippen MR) is 77.8 cm³/mol. The van der Waals surface area contributed by atoms with E-state index in [1.807, 2.05) is 18.2 Å². The molecule has 0 radical (unpaired) electrons. The first-order chi connectivity index (χ1) is 7.90. The van der Waals surface area contributed by atoms with Gasteiger partial charge in [-0.1, -0.05) is 23.8 Å². The van der Waals surface area contributed by atoms with E-state index in [4.69, 9.17) is 29.6 Å². The standard InChI is InChI=1S/C13H17ClN2S/c1-13(2,8-3-4-8)16-9-5-6-10(12(15)17)11(14)7-9/h5-8,16H,3-4H2,1-2H3,(H2,15,17). The number of rotatable bonds is 4. The number of benzene rings is 1. The largest absolute Gasteiger partial charge is 0.389 e. The topological polar surface area (TPSA) is 38.0 Å². The molecule has 0 saturated heterocycles. The van der Waals surface area contributed by atoms with Crippen LogP contribution < -0.4 is 11.1 Å². The van der Waals surface area contributed by atoms with Gasteiger partial charge in [0.2, 0.25) is 0 Å². The third-order valence-electron chi connectivity index (χ3n) is 3.30. The van der Waals surface area contributed by atoms with E-state index in [2.05, 4.69) is 19.2 Å². The highest BCUT2D eigenvalue weighted by Gasteiger charge is 2.37. The van der Waals surface area contributed by atoms with Gasteiger partial charge in [-0.2, -0.15) is 0 Å². The van der Waals surface area contributed by atoms with E-state index < -0.39 is 0 Å². The lowest BCUT2D eigenvalue weighted by atomic mass is 9.98. The van der Waals surface area contributed by atoms with Crippen molar-refractivity contribution in [1.82, 2.24) is 0 Å². The van der Waals surface area contributed by atoms with Crippen LogP contribution in [-0.4, -0.2) is 10.5 Å². The van der Waals surface area contributed by atoms with Crippen LogP contribution in [0, 0.1) is 5.92 Å². The Kier molecular flexibility index (Phi) is 3.32. The molecule has 2 nitrogen and oxygen atoms in total. The second kappa shape index (κ2) is 4.46. The number of hydrogen-bond donors (Lipinski definition) is 2. The molecule has 1 aliphatic carbocycles. The molecule has 0 aromatic heterocycles. The average molecular weight is 269 g/mol. The van der Waals surface area contributed by atoms with Crippen molar-refractivity contribution in [2.45, 2.75) is 32.2 Å². The van der Waals surface area contributed by atoms with Gasteiger partial charge in [0.1, 0.15) is 4.99 Å². The fraction of sp³-hybridized carbons (Fsp3) is 0.462. The Morgan fingerprint density at radius 2 is 2.12 bits per heavy atom. The number of hydrogen-bond acceptors (Lipinski definition) is 2. The minimum Gasteiger partial charge on any atom is -0.389 e. The van der Waals surface area contributed by atoms with Crippen LogP contribution in [0.1, 0.15) is 32.3 Å². The van der Waals surface area contributed by atoms with Crippen molar-refractivity contribution in [2.75, 3.05) is 5.32 Å². The number of anilines is 1. The molecule has 1 aliphatic rings. The normalized spacial score (nSPS) is 15.7. The Hall–Kier alpha value is -0.800. The van der Waals surface area contributed by atoms with Crippen LogP contribution >= 0.6 is 23.8 Å². The van der Waals surface area contributed by atoms with Gasteiger partial charge in [0, 0.05) is 16.8 Å². The van der Waals surface area contributed by atoms with E-state index in [-0.39, 0.29) is 5.54 Å². The number of nitrogens with one attached hydrogen (secondary N) is 1. The summed E-state index contributed by atoms with van der Waals surface area (Å²) >= 11 is 11.1. The molecule has 0 spiro atoms. The highest BCUT2D eigenvalue weighted by Crippen LogP contribution is 2.41. The Morgan fingerprint density at radius 3 is 2.59 bits per heavy atom. The van der Waals surface area contributed by atoms with Crippen LogP contribution in [0.2, 0.25) is 5.02 Å². The minimum atomic E-state index is 0.119. The Balaban J connectivity index is 2.17. The lowest BCUT2D eigenvalue weighted by Crippen LogP contribution is -2.33. The number of nitrogens with two attached hydrogens (primary N) is 1. The summed E-state index contributed by atoms with van der Waals surface area (Å²) < 4.78 is 0. The fourth-order valence-corrected chi connectivity index (χ4v) is 2.59. The van der Waals surface area contributed by atoms with Crippen LogP contribution in [-0.2, 0) is 0 Å². The van der Waals surface area contributed by atoms with E-state index in [9.17, 15) is 0 Å². The van der Waals surface area contributed by atoms with Crippen molar-refractivity contribution in [2.24, 2.45) is 11.7 Å². The Bertz CT molecular complexity index is 453. The fourth-order valence-electron chi connectivity index (χ4n) is 2.07. The molecule has 4 heteroatoms. The second-order valence-electron chi connectivity index (χ2n) is 5.18. The summed E-state index contributed by atoms with van der Waals surface area (Å²) in [6.45, 7) is 4.44. The van der Waals surface area contributed by atoms with Crippen LogP contribution in [0.3, 0.4) is 0 Å². The van der Waals surface area contributed by atoms with Gasteiger partial charge in [0.05, 0.1) is 5.02 Å². The van der Waals surface area contributed by atoms with Gasteiger partial charge in [-0.3, -0.25) is 0 Å². The summed E-state index contributed by atoms with van der Waals surface area (Å²) in [7, 11) is 0. The van der Waals surface area contributed by atoms with Crippen molar-refractivity contribution in [3.8, 4) is 0 Å². The molecule has 0 bridgehead atoms. The van der Waals surface area contributed by atoms with Crippen LogP contribution in [0.4, 0.5) is 5.69 Å². The molecule has 0 aliphatic heterocycles. The van der Waals surface area contributed by atoms with Gasteiger partial charge in [0.15, 0.2) is 0 Å². The monoisotopic (exact) mass is 268 g/mol. The third-order valence-corrected chi connectivity index (χ3v) is 3.83. The Morgan fingerprint density at radius 1 is 1.47 bits per heavy atom. The van der Waals surface area contributed by atoms with Gasteiger partial charge in [-0.05, 0) is 50.8 Å². The van der Waals surface area contributed by atoms with Crippen molar-refractivity contribution >= 4 is 34.5 Å². The zero-order valence-electron chi connectivity index (χ0n) is 10.1. The van der Waals surface area contributed by atoms with E-state index in [1.165, 1.54) is 12.8 Å². The quantitative estimate of drug-likeness (QED) is 0.820. The van der Waals surface area contributed by atoms with E-state index in [0.29, 0.717) is 10.0 Å². The molecule has 92 valence electrons. The highest BCUT2D eigenvalue weighted by molar-refractivity contribution is 7.80. The number of halogens is 1. The van der Waals surface area contributed by atoms with Crippen molar-refractivity contribution < 1.29 is 0 Å². The molecule has 0 amide bonds. The summed E-state index contributed by atoms with van der Waals surface area (Å²) in [6, 6.07) is 5.74. The van der Waals surface area contributed by atoms with Crippen molar-refractivity contribution in [3.05, 3.63) is 28.8 Å². The first-order valence-electron chi connectivity index (χ1n) is 5.77. The molecule has 2 rings (SSSR count). The second-order valence-corrected chi connectivity index (χ2v) is 6.03. The highest BCUT2D eigenvalue weighted by atomic mass is 35.5. The summed E-state index contributed by atoms with van der Waals surface area (Å²) in [5.74, 6) is 0.761.